The largest absolute Gasteiger partial charge is 0.300 e. The van der Waals surface area contributed by atoms with E-state index in [-0.39, 0.29) is 0 Å². The second kappa shape index (κ2) is 6.06. The lowest BCUT2D eigenvalue weighted by Crippen LogP contribution is -2.23. The zero-order valence-electron chi connectivity index (χ0n) is 9.97. The van der Waals surface area contributed by atoms with Gasteiger partial charge in [0.15, 0.2) is 0 Å². The minimum Gasteiger partial charge on any atom is -0.300 e. The van der Waals surface area contributed by atoms with E-state index in [9.17, 15) is 4.79 Å². The first kappa shape index (κ1) is 12.4. The van der Waals surface area contributed by atoms with Crippen LogP contribution >= 0.6 is 11.8 Å². The fraction of sp³-hybridized carbons (Fsp3) is 0.400. The second-order valence-electron chi connectivity index (χ2n) is 4.53. The van der Waals surface area contributed by atoms with Crippen molar-refractivity contribution in [2.45, 2.75) is 35.8 Å². The lowest BCUT2D eigenvalue weighted by Gasteiger charge is -2.26. The summed E-state index contributed by atoms with van der Waals surface area (Å²) in [7, 11) is 0. The van der Waals surface area contributed by atoms with Crippen LogP contribution in [-0.4, -0.2) is 11.0 Å². The molecule has 0 radical (unpaired) electrons. The molecular weight excluding hydrogens is 228 g/mol. The summed E-state index contributed by atoms with van der Waals surface area (Å²) in [4.78, 5) is 12.8. The predicted molar refractivity (Wildman–Crippen MR) is 73.2 cm³/mol. The van der Waals surface area contributed by atoms with E-state index in [0.29, 0.717) is 17.0 Å². The molecule has 0 bridgehead atoms. The van der Waals surface area contributed by atoms with E-state index < -0.39 is 0 Å². The van der Waals surface area contributed by atoms with E-state index >= 15 is 0 Å². The highest BCUT2D eigenvalue weighted by Gasteiger charge is 2.26. The van der Waals surface area contributed by atoms with Crippen molar-refractivity contribution in [1.29, 1.82) is 0 Å². The quantitative estimate of drug-likeness (QED) is 0.588. The minimum absolute atomic E-state index is 0.363. The molecule has 1 nitrogen and oxygen atoms in total. The van der Waals surface area contributed by atoms with Crippen molar-refractivity contribution in [3.63, 3.8) is 0 Å². The molecule has 2 unspecified atom stereocenters. The molecule has 2 heteroatoms. The molecule has 1 saturated carbocycles. The highest BCUT2D eigenvalue weighted by atomic mass is 32.2. The Hall–Kier alpha value is -1.02. The number of benzene rings is 1. The smallest absolute Gasteiger partial charge is 0.133 e. The monoisotopic (exact) mass is 246 g/mol. The van der Waals surface area contributed by atoms with Crippen molar-refractivity contribution in [2.75, 3.05) is 0 Å². The number of Topliss-reactive ketones (excluding diaryl/α,β-unsaturated/α-hetero) is 1. The van der Waals surface area contributed by atoms with Crippen molar-refractivity contribution in [1.82, 2.24) is 0 Å². The summed E-state index contributed by atoms with van der Waals surface area (Å²) in [5.41, 5.74) is 0. The molecule has 1 fully saturated rings. The van der Waals surface area contributed by atoms with Crippen molar-refractivity contribution >= 4 is 17.5 Å². The summed E-state index contributed by atoms with van der Waals surface area (Å²) in [5.74, 6) is 0.890. The highest BCUT2D eigenvalue weighted by Crippen LogP contribution is 2.35. The highest BCUT2D eigenvalue weighted by molar-refractivity contribution is 8.00. The average Bonchev–Trinajstić information content (AvgIpc) is 2.37. The van der Waals surface area contributed by atoms with Gasteiger partial charge in [0.1, 0.15) is 5.78 Å². The van der Waals surface area contributed by atoms with Gasteiger partial charge in [-0.3, -0.25) is 4.79 Å². The fourth-order valence-corrected chi connectivity index (χ4v) is 3.48. The first-order chi connectivity index (χ1) is 8.29. The van der Waals surface area contributed by atoms with Gasteiger partial charge in [-0.2, -0.15) is 0 Å². The molecule has 0 aliphatic heterocycles. The molecule has 1 aliphatic carbocycles. The van der Waals surface area contributed by atoms with Gasteiger partial charge in [-0.25, -0.2) is 0 Å². The van der Waals surface area contributed by atoms with Crippen LogP contribution in [-0.2, 0) is 4.79 Å². The van der Waals surface area contributed by atoms with E-state index in [4.69, 9.17) is 0 Å². The predicted octanol–water partition coefficient (Wildman–Crippen LogP) is 4.09. The van der Waals surface area contributed by atoms with Gasteiger partial charge in [0.2, 0.25) is 0 Å². The molecule has 0 heterocycles. The summed E-state index contributed by atoms with van der Waals surface area (Å²) in [6, 6.07) is 10.4. The van der Waals surface area contributed by atoms with E-state index in [1.54, 1.807) is 0 Å². The molecule has 0 saturated heterocycles. The van der Waals surface area contributed by atoms with Gasteiger partial charge in [0.05, 0.1) is 0 Å². The van der Waals surface area contributed by atoms with E-state index in [0.717, 1.165) is 25.7 Å². The Kier molecular flexibility index (Phi) is 4.43. The van der Waals surface area contributed by atoms with Crippen molar-refractivity contribution < 1.29 is 4.79 Å². The second-order valence-corrected chi connectivity index (χ2v) is 5.78. The average molecular weight is 246 g/mol. The third kappa shape index (κ3) is 3.47. The van der Waals surface area contributed by atoms with Crippen LogP contribution in [0.3, 0.4) is 0 Å². The number of thioether (sulfide) groups is 1. The molecule has 2 atom stereocenters. The van der Waals surface area contributed by atoms with E-state index in [2.05, 4.69) is 30.8 Å². The minimum atomic E-state index is 0.363. The molecular formula is C15H18OS. The molecule has 17 heavy (non-hydrogen) atoms. The fourth-order valence-electron chi connectivity index (χ4n) is 2.33. The van der Waals surface area contributed by atoms with Gasteiger partial charge in [-0.15, -0.1) is 18.3 Å². The van der Waals surface area contributed by atoms with Crippen LogP contribution in [0.5, 0.6) is 0 Å². The molecule has 2 rings (SSSR count). The van der Waals surface area contributed by atoms with Crippen LogP contribution in [0.1, 0.15) is 25.7 Å². The maximum atomic E-state index is 11.5. The number of hydrogen-bond donors (Lipinski definition) is 0. The van der Waals surface area contributed by atoms with Crippen LogP contribution in [0, 0.1) is 5.92 Å². The van der Waals surface area contributed by atoms with Gasteiger partial charge in [-0.1, -0.05) is 24.3 Å². The number of carbonyl (C=O) groups excluding carboxylic acids is 1. The summed E-state index contributed by atoms with van der Waals surface area (Å²) in [6.07, 6.45) is 5.71. The Balaban J connectivity index is 2.01. The first-order valence-electron chi connectivity index (χ1n) is 6.15. The van der Waals surface area contributed by atoms with Gasteiger partial charge in [0, 0.05) is 23.0 Å². The van der Waals surface area contributed by atoms with Gasteiger partial charge in [-0.05, 0) is 30.9 Å². The van der Waals surface area contributed by atoms with Gasteiger partial charge < -0.3 is 0 Å². The Labute approximate surface area is 107 Å². The normalized spacial score (nSPS) is 22.1. The van der Waals surface area contributed by atoms with E-state index in [1.165, 1.54) is 4.90 Å². The summed E-state index contributed by atoms with van der Waals surface area (Å²) in [5, 5.41) is 0.363. The molecule has 0 aromatic heterocycles. The zero-order chi connectivity index (χ0) is 12.1. The third-order valence-corrected chi connectivity index (χ3v) is 4.63. The molecule has 0 amide bonds. The Bertz CT molecular complexity index is 385. The summed E-state index contributed by atoms with van der Waals surface area (Å²) >= 11 is 1.83. The molecule has 1 aromatic carbocycles. The Morgan fingerprint density at radius 3 is 2.76 bits per heavy atom. The molecule has 90 valence electrons. The molecule has 0 spiro atoms. The van der Waals surface area contributed by atoms with Gasteiger partial charge >= 0.3 is 0 Å². The maximum Gasteiger partial charge on any atom is 0.133 e. The number of hydrogen-bond acceptors (Lipinski definition) is 2. The number of ketones is 1. The van der Waals surface area contributed by atoms with Crippen LogP contribution in [0.2, 0.25) is 0 Å². The Morgan fingerprint density at radius 1 is 1.35 bits per heavy atom. The summed E-state index contributed by atoms with van der Waals surface area (Å²) < 4.78 is 0. The SMILES string of the molecule is C=CC(Sc1ccccc1)C1CCCC(=O)C1. The molecule has 1 aromatic rings. The zero-order valence-corrected chi connectivity index (χ0v) is 10.8. The third-order valence-electron chi connectivity index (χ3n) is 3.23. The lowest BCUT2D eigenvalue weighted by atomic mass is 9.86. The first-order valence-corrected chi connectivity index (χ1v) is 7.03. The number of rotatable bonds is 4. The molecule has 0 N–H and O–H groups in total. The van der Waals surface area contributed by atoms with Crippen molar-refractivity contribution in [3.05, 3.63) is 43.0 Å². The van der Waals surface area contributed by atoms with Crippen LogP contribution in [0.4, 0.5) is 0 Å². The molecule has 1 aliphatic rings. The van der Waals surface area contributed by atoms with Crippen LogP contribution in [0.25, 0.3) is 0 Å². The Morgan fingerprint density at radius 2 is 2.12 bits per heavy atom. The van der Waals surface area contributed by atoms with Crippen molar-refractivity contribution in [2.24, 2.45) is 5.92 Å². The summed E-state index contributed by atoms with van der Waals surface area (Å²) in [6.45, 7) is 3.93. The van der Waals surface area contributed by atoms with Crippen molar-refractivity contribution in [3.8, 4) is 0 Å². The number of carbonyl (C=O) groups is 1. The van der Waals surface area contributed by atoms with Crippen LogP contribution < -0.4 is 0 Å². The maximum absolute atomic E-state index is 11.5. The van der Waals surface area contributed by atoms with E-state index in [1.807, 2.05) is 23.9 Å². The topological polar surface area (TPSA) is 17.1 Å². The standard InChI is InChI=1S/C15H18OS/c1-2-15(12-7-6-8-13(16)11-12)17-14-9-4-3-5-10-14/h2-5,9-10,12,15H,1,6-8,11H2. The van der Waals surface area contributed by atoms with Crippen LogP contribution in [0.15, 0.2) is 47.9 Å². The van der Waals surface area contributed by atoms with Gasteiger partial charge in [0.25, 0.3) is 0 Å². The lowest BCUT2D eigenvalue weighted by molar-refractivity contribution is -0.121.